The Labute approximate surface area is 98.2 Å². The summed E-state index contributed by atoms with van der Waals surface area (Å²) in [5.41, 5.74) is 7.92. The zero-order chi connectivity index (χ0) is 12.3. The second-order valence-corrected chi connectivity index (χ2v) is 3.82. The fourth-order valence-corrected chi connectivity index (χ4v) is 1.69. The molecule has 17 heavy (non-hydrogen) atoms. The van der Waals surface area contributed by atoms with E-state index in [0.717, 1.165) is 6.42 Å². The highest BCUT2D eigenvalue weighted by Crippen LogP contribution is 2.12. The number of amides is 1. The van der Waals surface area contributed by atoms with Gasteiger partial charge in [0.1, 0.15) is 11.6 Å². The molecule has 8 nitrogen and oxygen atoms in total. The normalized spacial score (nSPS) is 18.9. The molecule has 1 aromatic rings. The van der Waals surface area contributed by atoms with E-state index in [1.54, 1.807) is 6.07 Å². The SMILES string of the molecule is NNc1cc(NCC2CCC(=O)N2)nc(N)n1. The molecule has 2 heterocycles. The van der Waals surface area contributed by atoms with Crippen molar-refractivity contribution in [1.82, 2.24) is 15.3 Å². The number of hydrogen-bond acceptors (Lipinski definition) is 7. The zero-order valence-corrected chi connectivity index (χ0v) is 9.23. The zero-order valence-electron chi connectivity index (χ0n) is 9.23. The first-order valence-corrected chi connectivity index (χ1v) is 5.32. The second kappa shape index (κ2) is 4.83. The number of anilines is 3. The summed E-state index contributed by atoms with van der Waals surface area (Å²) in [6.45, 7) is 0.603. The Bertz CT molecular complexity index is 422. The van der Waals surface area contributed by atoms with Crippen LogP contribution in [0.1, 0.15) is 12.8 Å². The van der Waals surface area contributed by atoms with Crippen molar-refractivity contribution in [1.29, 1.82) is 0 Å². The van der Waals surface area contributed by atoms with Crippen LogP contribution in [0, 0.1) is 0 Å². The van der Waals surface area contributed by atoms with Gasteiger partial charge in [0.25, 0.3) is 0 Å². The third-order valence-corrected chi connectivity index (χ3v) is 2.51. The van der Waals surface area contributed by atoms with Gasteiger partial charge in [0.05, 0.1) is 0 Å². The molecule has 1 amide bonds. The predicted molar refractivity (Wildman–Crippen MR) is 63.9 cm³/mol. The van der Waals surface area contributed by atoms with E-state index in [4.69, 9.17) is 11.6 Å². The van der Waals surface area contributed by atoms with Gasteiger partial charge < -0.3 is 21.8 Å². The summed E-state index contributed by atoms with van der Waals surface area (Å²) in [6, 6.07) is 1.78. The largest absolute Gasteiger partial charge is 0.368 e. The summed E-state index contributed by atoms with van der Waals surface area (Å²) in [7, 11) is 0. The van der Waals surface area contributed by atoms with Gasteiger partial charge in [-0.3, -0.25) is 4.79 Å². The van der Waals surface area contributed by atoms with E-state index < -0.39 is 0 Å². The Morgan fingerprint density at radius 3 is 2.88 bits per heavy atom. The molecule has 0 spiro atoms. The lowest BCUT2D eigenvalue weighted by atomic mass is 10.2. The molecule has 0 aliphatic carbocycles. The van der Waals surface area contributed by atoms with Crippen LogP contribution < -0.4 is 27.6 Å². The number of carbonyl (C=O) groups excluding carboxylic acids is 1. The first-order valence-electron chi connectivity index (χ1n) is 5.32. The maximum Gasteiger partial charge on any atom is 0.223 e. The third kappa shape index (κ3) is 2.94. The number of nitrogen functional groups attached to an aromatic ring is 2. The van der Waals surface area contributed by atoms with Gasteiger partial charge in [0, 0.05) is 25.1 Å². The molecule has 0 radical (unpaired) electrons. The van der Waals surface area contributed by atoms with Crippen molar-refractivity contribution in [2.75, 3.05) is 23.0 Å². The molecule has 1 aliphatic heterocycles. The summed E-state index contributed by atoms with van der Waals surface area (Å²) >= 11 is 0. The van der Waals surface area contributed by atoms with Gasteiger partial charge in [-0.25, -0.2) is 5.84 Å². The Hall–Kier alpha value is -2.09. The van der Waals surface area contributed by atoms with Crippen LogP contribution in [0.25, 0.3) is 0 Å². The average Bonchev–Trinajstić information content (AvgIpc) is 2.72. The fraction of sp³-hybridized carbons (Fsp3) is 0.444. The highest BCUT2D eigenvalue weighted by molar-refractivity contribution is 5.78. The van der Waals surface area contributed by atoms with E-state index >= 15 is 0 Å². The molecule has 1 aliphatic rings. The van der Waals surface area contributed by atoms with Gasteiger partial charge in [-0.1, -0.05) is 0 Å². The molecule has 0 saturated carbocycles. The summed E-state index contributed by atoms with van der Waals surface area (Å²) in [5.74, 6) is 6.48. The van der Waals surface area contributed by atoms with E-state index in [1.165, 1.54) is 0 Å². The molecule has 1 saturated heterocycles. The highest BCUT2D eigenvalue weighted by atomic mass is 16.1. The Morgan fingerprint density at radius 1 is 1.47 bits per heavy atom. The van der Waals surface area contributed by atoms with Crippen LogP contribution >= 0.6 is 0 Å². The predicted octanol–water partition coefficient (Wildman–Crippen LogP) is -0.965. The molecule has 7 N–H and O–H groups in total. The van der Waals surface area contributed by atoms with Crippen LogP contribution in [-0.2, 0) is 4.79 Å². The highest BCUT2D eigenvalue weighted by Gasteiger charge is 2.20. The minimum atomic E-state index is 0.0864. The van der Waals surface area contributed by atoms with Gasteiger partial charge in [-0.05, 0) is 6.42 Å². The molecule has 0 bridgehead atoms. The molecule has 1 fully saturated rings. The molecule has 0 aromatic carbocycles. The molecule has 1 unspecified atom stereocenters. The van der Waals surface area contributed by atoms with E-state index in [1.807, 2.05) is 0 Å². The number of nitrogens with two attached hydrogens (primary N) is 2. The van der Waals surface area contributed by atoms with Crippen LogP contribution in [0.3, 0.4) is 0 Å². The minimum Gasteiger partial charge on any atom is -0.368 e. The Kier molecular flexibility index (Phi) is 3.24. The number of aromatic nitrogens is 2. The van der Waals surface area contributed by atoms with Crippen LogP contribution in [0.4, 0.5) is 17.6 Å². The van der Waals surface area contributed by atoms with Crippen LogP contribution in [-0.4, -0.2) is 28.5 Å². The second-order valence-electron chi connectivity index (χ2n) is 3.82. The fourth-order valence-electron chi connectivity index (χ4n) is 1.69. The van der Waals surface area contributed by atoms with Crippen molar-refractivity contribution in [3.8, 4) is 0 Å². The van der Waals surface area contributed by atoms with E-state index in [0.29, 0.717) is 24.6 Å². The van der Waals surface area contributed by atoms with Crippen molar-refractivity contribution in [3.63, 3.8) is 0 Å². The maximum absolute atomic E-state index is 11.0. The standard InChI is InChI=1S/C9H15N7O/c10-9-14-6(3-7(15-9)16-11)12-4-5-1-2-8(17)13-5/h3,5H,1-2,4,11H2,(H,13,17)(H4,10,12,14,15,16). The Morgan fingerprint density at radius 2 is 2.24 bits per heavy atom. The molecular formula is C9H15N7O. The quantitative estimate of drug-likeness (QED) is 0.336. The molecule has 8 heteroatoms. The lowest BCUT2D eigenvalue weighted by Gasteiger charge is -2.12. The molecule has 92 valence electrons. The monoisotopic (exact) mass is 237 g/mol. The van der Waals surface area contributed by atoms with Crippen LogP contribution in [0.5, 0.6) is 0 Å². The van der Waals surface area contributed by atoms with Crippen molar-refractivity contribution in [2.24, 2.45) is 5.84 Å². The number of hydrazine groups is 1. The average molecular weight is 237 g/mol. The van der Waals surface area contributed by atoms with Crippen molar-refractivity contribution >= 4 is 23.5 Å². The number of rotatable bonds is 4. The number of nitrogens with one attached hydrogen (secondary N) is 3. The van der Waals surface area contributed by atoms with Crippen molar-refractivity contribution in [3.05, 3.63) is 6.07 Å². The molecule has 1 aromatic heterocycles. The smallest absolute Gasteiger partial charge is 0.223 e. The number of nitrogens with zero attached hydrogens (tertiary/aromatic N) is 2. The van der Waals surface area contributed by atoms with Crippen LogP contribution in [0.15, 0.2) is 6.07 Å². The number of hydrogen-bond donors (Lipinski definition) is 5. The Balaban J connectivity index is 1.94. The molecule has 1 atom stereocenters. The van der Waals surface area contributed by atoms with Gasteiger partial charge in [0.2, 0.25) is 11.9 Å². The van der Waals surface area contributed by atoms with E-state index in [2.05, 4.69) is 26.0 Å². The van der Waals surface area contributed by atoms with E-state index in [-0.39, 0.29) is 17.9 Å². The van der Waals surface area contributed by atoms with Crippen molar-refractivity contribution in [2.45, 2.75) is 18.9 Å². The van der Waals surface area contributed by atoms with Crippen LogP contribution in [0.2, 0.25) is 0 Å². The first-order chi connectivity index (χ1) is 8.17. The molecule has 2 rings (SSSR count). The van der Waals surface area contributed by atoms with Crippen molar-refractivity contribution < 1.29 is 4.79 Å². The summed E-state index contributed by atoms with van der Waals surface area (Å²) in [5, 5.41) is 5.93. The van der Waals surface area contributed by atoms with Gasteiger partial charge in [0.15, 0.2) is 0 Å². The molecular weight excluding hydrogens is 222 g/mol. The first kappa shape index (κ1) is 11.4. The van der Waals surface area contributed by atoms with E-state index in [9.17, 15) is 4.79 Å². The third-order valence-electron chi connectivity index (χ3n) is 2.51. The topological polar surface area (TPSA) is 131 Å². The summed E-state index contributed by atoms with van der Waals surface area (Å²) in [4.78, 5) is 18.9. The van der Waals surface area contributed by atoms with Gasteiger partial charge in [-0.2, -0.15) is 9.97 Å². The van der Waals surface area contributed by atoms with Gasteiger partial charge in [-0.15, -0.1) is 0 Å². The number of carbonyl (C=O) groups is 1. The lowest BCUT2D eigenvalue weighted by Crippen LogP contribution is -2.32. The lowest BCUT2D eigenvalue weighted by molar-refractivity contribution is -0.119. The maximum atomic E-state index is 11.0. The van der Waals surface area contributed by atoms with Gasteiger partial charge >= 0.3 is 0 Å². The summed E-state index contributed by atoms with van der Waals surface area (Å²) < 4.78 is 0. The summed E-state index contributed by atoms with van der Waals surface area (Å²) in [6.07, 6.45) is 1.41. The minimum absolute atomic E-state index is 0.0864.